The van der Waals surface area contributed by atoms with Gasteiger partial charge in [-0.1, -0.05) is 13.8 Å². The highest BCUT2D eigenvalue weighted by atomic mass is 16.5. The van der Waals surface area contributed by atoms with Gasteiger partial charge in [0.1, 0.15) is 0 Å². The van der Waals surface area contributed by atoms with Crippen molar-refractivity contribution in [1.82, 2.24) is 14.7 Å². The van der Waals surface area contributed by atoms with E-state index in [2.05, 4.69) is 25.7 Å². The Kier molecular flexibility index (Phi) is 9.21. The van der Waals surface area contributed by atoms with E-state index in [0.717, 1.165) is 45.3 Å². The Bertz CT molecular complexity index is 762. The molecule has 2 aliphatic heterocycles. The Labute approximate surface area is 192 Å². The number of carbonyl (C=O) groups is 2. The Morgan fingerprint density at radius 1 is 0.938 bits per heavy atom. The van der Waals surface area contributed by atoms with Crippen molar-refractivity contribution in [2.75, 3.05) is 52.5 Å². The molecule has 0 N–H and O–H groups in total. The molecule has 1 unspecified atom stereocenters. The summed E-state index contributed by atoms with van der Waals surface area (Å²) in [6.07, 6.45) is 5.22. The maximum Gasteiger partial charge on any atom is 0.254 e. The van der Waals surface area contributed by atoms with Gasteiger partial charge in [-0.05, 0) is 57.2 Å². The molecular weight excluding hydrogens is 406 g/mol. The molecule has 1 aromatic rings. The first-order valence-electron chi connectivity index (χ1n) is 12.2. The molecule has 2 heterocycles. The van der Waals surface area contributed by atoms with Crippen LogP contribution in [0, 0.1) is 0 Å². The van der Waals surface area contributed by atoms with Gasteiger partial charge >= 0.3 is 0 Å². The van der Waals surface area contributed by atoms with Gasteiger partial charge in [-0.15, -0.1) is 0 Å². The van der Waals surface area contributed by atoms with Crippen molar-refractivity contribution in [3.8, 4) is 11.5 Å². The molecule has 2 fully saturated rings. The van der Waals surface area contributed by atoms with E-state index in [-0.39, 0.29) is 11.8 Å². The molecular formula is C25H39N3O4. The van der Waals surface area contributed by atoms with Crippen LogP contribution in [0.3, 0.4) is 0 Å². The Morgan fingerprint density at radius 2 is 1.62 bits per heavy atom. The molecule has 7 heteroatoms. The number of likely N-dealkylation sites (tertiary alicyclic amines) is 1. The van der Waals surface area contributed by atoms with Crippen LogP contribution < -0.4 is 9.47 Å². The van der Waals surface area contributed by atoms with Gasteiger partial charge in [-0.3, -0.25) is 14.5 Å². The minimum absolute atomic E-state index is 0.00372. The van der Waals surface area contributed by atoms with E-state index in [1.807, 2.05) is 21.9 Å². The third-order valence-electron chi connectivity index (χ3n) is 6.26. The molecule has 1 atom stereocenters. The molecule has 0 aliphatic carbocycles. The van der Waals surface area contributed by atoms with Crippen molar-refractivity contribution in [1.29, 1.82) is 0 Å². The van der Waals surface area contributed by atoms with Crippen molar-refractivity contribution in [3.05, 3.63) is 23.8 Å². The lowest BCUT2D eigenvalue weighted by Crippen LogP contribution is -2.53. The molecule has 178 valence electrons. The van der Waals surface area contributed by atoms with Gasteiger partial charge in [-0.25, -0.2) is 0 Å². The lowest BCUT2D eigenvalue weighted by Gasteiger charge is -2.38. The normalized spacial score (nSPS) is 19.7. The number of carbonyl (C=O) groups excluding carboxylic acids is 2. The zero-order valence-electron chi connectivity index (χ0n) is 20.0. The second-order valence-corrected chi connectivity index (χ2v) is 8.86. The Morgan fingerprint density at radius 3 is 2.28 bits per heavy atom. The summed E-state index contributed by atoms with van der Waals surface area (Å²) in [5.41, 5.74) is 0.617. The van der Waals surface area contributed by atoms with Gasteiger partial charge in [0.05, 0.1) is 19.8 Å². The fraction of sp³-hybridized carbons (Fsp3) is 0.680. The molecule has 0 spiro atoms. The summed E-state index contributed by atoms with van der Waals surface area (Å²) in [4.78, 5) is 31.9. The number of amides is 2. The van der Waals surface area contributed by atoms with Crippen LogP contribution in [-0.4, -0.2) is 85.0 Å². The highest BCUT2D eigenvalue weighted by Crippen LogP contribution is 2.29. The number of hydrogen-bond acceptors (Lipinski definition) is 5. The largest absolute Gasteiger partial charge is 0.490 e. The number of piperazine rings is 1. The van der Waals surface area contributed by atoms with E-state index < -0.39 is 0 Å². The van der Waals surface area contributed by atoms with Crippen LogP contribution in [0.2, 0.25) is 0 Å². The van der Waals surface area contributed by atoms with Crippen molar-refractivity contribution in [2.24, 2.45) is 0 Å². The molecule has 2 amide bonds. The van der Waals surface area contributed by atoms with Crippen LogP contribution in [0.1, 0.15) is 63.2 Å². The van der Waals surface area contributed by atoms with E-state index >= 15 is 0 Å². The van der Waals surface area contributed by atoms with E-state index in [1.54, 1.807) is 6.07 Å². The molecule has 0 aromatic heterocycles. The molecule has 32 heavy (non-hydrogen) atoms. The highest BCUT2D eigenvalue weighted by molar-refractivity contribution is 5.95. The number of rotatable bonds is 9. The first-order valence-corrected chi connectivity index (χ1v) is 12.2. The summed E-state index contributed by atoms with van der Waals surface area (Å²) in [7, 11) is 0. The maximum atomic E-state index is 13.1. The molecule has 2 saturated heterocycles. The minimum Gasteiger partial charge on any atom is -0.490 e. The second-order valence-electron chi connectivity index (χ2n) is 8.86. The third-order valence-corrected chi connectivity index (χ3v) is 6.26. The first kappa shape index (κ1) is 24.4. The monoisotopic (exact) mass is 445 g/mol. The van der Waals surface area contributed by atoms with Gasteiger partial charge in [0.25, 0.3) is 5.91 Å². The van der Waals surface area contributed by atoms with Crippen LogP contribution in [0.15, 0.2) is 18.2 Å². The molecule has 0 radical (unpaired) electrons. The smallest absolute Gasteiger partial charge is 0.254 e. The quantitative estimate of drug-likeness (QED) is 0.583. The minimum atomic E-state index is 0.00372. The molecule has 7 nitrogen and oxygen atoms in total. The number of hydrogen-bond donors (Lipinski definition) is 0. The topological polar surface area (TPSA) is 62.3 Å². The van der Waals surface area contributed by atoms with Crippen molar-refractivity contribution in [3.63, 3.8) is 0 Å². The van der Waals surface area contributed by atoms with E-state index in [4.69, 9.17) is 9.47 Å². The number of piperidine rings is 1. The Balaban J connectivity index is 1.55. The van der Waals surface area contributed by atoms with Gasteiger partial charge in [0.15, 0.2) is 11.5 Å². The SMILES string of the molecule is CCCOc1ccc(C(=O)N2CCN(CC(=O)N3CCCCC3C)CC2)cc1OCCC. The highest BCUT2D eigenvalue weighted by Gasteiger charge is 2.28. The second kappa shape index (κ2) is 12.1. The summed E-state index contributed by atoms with van der Waals surface area (Å²) >= 11 is 0. The molecule has 0 saturated carbocycles. The zero-order valence-corrected chi connectivity index (χ0v) is 20.0. The maximum absolute atomic E-state index is 13.1. The third kappa shape index (κ3) is 6.37. The molecule has 1 aromatic carbocycles. The standard InChI is InChI=1S/C25H39N3O4/c1-4-16-31-22-10-9-21(18-23(22)32-17-5-2)25(30)27-14-12-26(13-15-27)19-24(29)28-11-7-6-8-20(28)3/h9-10,18,20H,4-8,11-17,19H2,1-3H3. The average Bonchev–Trinajstić information content (AvgIpc) is 2.82. The Hall–Kier alpha value is -2.28. The van der Waals surface area contributed by atoms with E-state index in [9.17, 15) is 9.59 Å². The van der Waals surface area contributed by atoms with Gasteiger partial charge in [0, 0.05) is 44.3 Å². The average molecular weight is 446 g/mol. The van der Waals surface area contributed by atoms with Crippen molar-refractivity contribution >= 4 is 11.8 Å². The zero-order chi connectivity index (χ0) is 22.9. The summed E-state index contributed by atoms with van der Waals surface area (Å²) in [6, 6.07) is 5.80. The van der Waals surface area contributed by atoms with Crippen LogP contribution in [0.25, 0.3) is 0 Å². The van der Waals surface area contributed by atoms with Gasteiger partial charge < -0.3 is 19.3 Å². The summed E-state index contributed by atoms with van der Waals surface area (Å²) < 4.78 is 11.6. The number of benzene rings is 1. The predicted molar refractivity (Wildman–Crippen MR) is 125 cm³/mol. The lowest BCUT2D eigenvalue weighted by atomic mass is 10.0. The first-order chi connectivity index (χ1) is 15.5. The van der Waals surface area contributed by atoms with E-state index in [0.29, 0.717) is 56.0 Å². The van der Waals surface area contributed by atoms with Crippen molar-refractivity contribution in [2.45, 2.75) is 58.9 Å². The molecule has 3 rings (SSSR count). The van der Waals surface area contributed by atoms with Gasteiger partial charge in [0.2, 0.25) is 5.91 Å². The van der Waals surface area contributed by atoms with Crippen LogP contribution in [0.5, 0.6) is 11.5 Å². The van der Waals surface area contributed by atoms with Crippen LogP contribution >= 0.6 is 0 Å². The predicted octanol–water partition coefficient (Wildman–Crippen LogP) is 3.42. The van der Waals surface area contributed by atoms with E-state index in [1.165, 1.54) is 6.42 Å². The fourth-order valence-electron chi connectivity index (χ4n) is 4.34. The lowest BCUT2D eigenvalue weighted by molar-refractivity contribution is -0.136. The van der Waals surface area contributed by atoms with Crippen LogP contribution in [-0.2, 0) is 4.79 Å². The van der Waals surface area contributed by atoms with Crippen LogP contribution in [0.4, 0.5) is 0 Å². The summed E-state index contributed by atoms with van der Waals surface area (Å²) in [6.45, 7) is 11.5. The summed E-state index contributed by atoms with van der Waals surface area (Å²) in [5.74, 6) is 1.54. The fourth-order valence-corrected chi connectivity index (χ4v) is 4.34. The van der Waals surface area contributed by atoms with Crippen molar-refractivity contribution < 1.29 is 19.1 Å². The number of nitrogens with zero attached hydrogens (tertiary/aromatic N) is 3. The number of ether oxygens (including phenoxy) is 2. The van der Waals surface area contributed by atoms with Gasteiger partial charge in [-0.2, -0.15) is 0 Å². The molecule has 2 aliphatic rings. The molecule has 0 bridgehead atoms. The summed E-state index contributed by atoms with van der Waals surface area (Å²) in [5, 5.41) is 0.